The molecule has 2 amide bonds. The summed E-state index contributed by atoms with van der Waals surface area (Å²) in [5, 5.41) is 0. The highest BCUT2D eigenvalue weighted by Crippen LogP contribution is 2.25. The molecule has 8 heteroatoms. The quantitative estimate of drug-likeness (QED) is 0.588. The van der Waals surface area contributed by atoms with E-state index in [4.69, 9.17) is 4.18 Å². The summed E-state index contributed by atoms with van der Waals surface area (Å²) in [4.78, 5) is 16.0. The Hall–Kier alpha value is -2.06. The number of hydrogen-bond donors (Lipinski definition) is 0. The van der Waals surface area contributed by atoms with Crippen molar-refractivity contribution in [1.82, 2.24) is 4.90 Å². The Balaban J connectivity index is 1.72. The summed E-state index contributed by atoms with van der Waals surface area (Å²) < 4.78 is 30.8. The fraction of sp³-hybridized carbons (Fsp3) is 0.316. The number of hydrogen-bond acceptors (Lipinski definition) is 4. The van der Waals surface area contributed by atoms with Crippen LogP contribution in [0, 0.1) is 0 Å². The normalized spacial score (nSPS) is 14.7. The van der Waals surface area contributed by atoms with Gasteiger partial charge in [0, 0.05) is 29.8 Å². The van der Waals surface area contributed by atoms with E-state index < -0.39 is 10.1 Å². The van der Waals surface area contributed by atoms with Crippen molar-refractivity contribution in [3.05, 3.63) is 53.0 Å². The molecule has 0 bridgehead atoms. The van der Waals surface area contributed by atoms with Crippen LogP contribution in [0.5, 0.6) is 5.75 Å². The zero-order valence-electron chi connectivity index (χ0n) is 15.0. The predicted molar refractivity (Wildman–Crippen MR) is 108 cm³/mol. The van der Waals surface area contributed by atoms with Crippen molar-refractivity contribution in [3.63, 3.8) is 0 Å². The van der Waals surface area contributed by atoms with Crippen molar-refractivity contribution in [1.29, 1.82) is 0 Å². The lowest BCUT2D eigenvalue weighted by Crippen LogP contribution is -2.32. The molecule has 1 fully saturated rings. The van der Waals surface area contributed by atoms with Crippen molar-refractivity contribution in [3.8, 4) is 5.75 Å². The van der Waals surface area contributed by atoms with Gasteiger partial charge in [-0.15, -0.1) is 0 Å². The fourth-order valence-electron chi connectivity index (χ4n) is 2.87. The number of unbranched alkanes of at least 4 members (excludes halogenated alkanes) is 1. The van der Waals surface area contributed by atoms with E-state index >= 15 is 0 Å². The van der Waals surface area contributed by atoms with Crippen LogP contribution in [-0.4, -0.2) is 39.0 Å². The first-order chi connectivity index (χ1) is 12.9. The van der Waals surface area contributed by atoms with Crippen LogP contribution in [0.3, 0.4) is 0 Å². The lowest BCUT2D eigenvalue weighted by Gasteiger charge is -2.18. The monoisotopic (exact) mass is 452 g/mol. The number of amides is 2. The van der Waals surface area contributed by atoms with Gasteiger partial charge in [0.2, 0.25) is 0 Å². The third-order valence-corrected chi connectivity index (χ3v) is 6.07. The summed E-state index contributed by atoms with van der Waals surface area (Å²) in [6, 6.07) is 12.8. The molecule has 2 aromatic rings. The first-order valence-electron chi connectivity index (χ1n) is 8.77. The molecule has 0 unspecified atom stereocenters. The number of halogens is 1. The van der Waals surface area contributed by atoms with Crippen LogP contribution in [0.15, 0.2) is 57.9 Å². The number of benzene rings is 2. The number of rotatable bonds is 7. The van der Waals surface area contributed by atoms with Gasteiger partial charge in [0.1, 0.15) is 10.6 Å². The highest BCUT2D eigenvalue weighted by atomic mass is 79.9. The summed E-state index contributed by atoms with van der Waals surface area (Å²) in [5.74, 6) is 0.231. The molecule has 0 N–H and O–H groups in total. The van der Waals surface area contributed by atoms with Crippen LogP contribution in [-0.2, 0) is 10.1 Å². The molecule has 6 nitrogen and oxygen atoms in total. The van der Waals surface area contributed by atoms with Crippen LogP contribution in [0.25, 0.3) is 0 Å². The van der Waals surface area contributed by atoms with E-state index in [2.05, 4.69) is 22.9 Å². The number of anilines is 1. The van der Waals surface area contributed by atoms with Crippen molar-refractivity contribution in [2.75, 3.05) is 24.5 Å². The molecular weight excluding hydrogens is 432 g/mol. The SMILES string of the molecule is CCCCN1CCN(c2ccc(S(=O)(=O)Oc3cccc(Br)c3)cc2)C1=O. The standard InChI is InChI=1S/C19H21BrN2O4S/c1-2-3-11-21-12-13-22(19(21)23)16-7-9-18(10-8-16)27(24,25)26-17-6-4-5-15(20)14-17/h4-10,14H,2-3,11-13H2,1H3. The van der Waals surface area contributed by atoms with Crippen LogP contribution >= 0.6 is 15.9 Å². The van der Waals surface area contributed by atoms with Gasteiger partial charge in [-0.1, -0.05) is 35.3 Å². The van der Waals surface area contributed by atoms with E-state index in [1.54, 1.807) is 41.3 Å². The van der Waals surface area contributed by atoms with Crippen molar-refractivity contribution < 1.29 is 17.4 Å². The number of carbonyl (C=O) groups excluding carboxylic acids is 1. The molecule has 0 aromatic heterocycles. The van der Waals surface area contributed by atoms with Crippen molar-refractivity contribution >= 4 is 37.8 Å². The van der Waals surface area contributed by atoms with E-state index in [1.807, 2.05) is 4.90 Å². The Morgan fingerprint density at radius 1 is 1.11 bits per heavy atom. The zero-order chi connectivity index (χ0) is 19.4. The average molecular weight is 453 g/mol. The molecule has 1 heterocycles. The summed E-state index contributed by atoms with van der Waals surface area (Å²) in [6.07, 6.45) is 2.01. The van der Waals surface area contributed by atoms with Gasteiger partial charge in [0.15, 0.2) is 0 Å². The maximum absolute atomic E-state index is 12.5. The van der Waals surface area contributed by atoms with Crippen LogP contribution < -0.4 is 9.08 Å². The van der Waals surface area contributed by atoms with Gasteiger partial charge >= 0.3 is 16.1 Å². The zero-order valence-corrected chi connectivity index (χ0v) is 17.4. The Labute approximate surface area is 168 Å². The molecule has 1 saturated heterocycles. The molecule has 144 valence electrons. The summed E-state index contributed by atoms with van der Waals surface area (Å²) in [5.41, 5.74) is 0.681. The molecule has 1 aliphatic rings. The average Bonchev–Trinajstić information content (AvgIpc) is 3.00. The Morgan fingerprint density at radius 3 is 2.52 bits per heavy atom. The Bertz CT molecular complexity index is 916. The van der Waals surface area contributed by atoms with E-state index in [1.165, 1.54) is 12.1 Å². The predicted octanol–water partition coefficient (Wildman–Crippen LogP) is 4.26. The lowest BCUT2D eigenvalue weighted by atomic mass is 10.3. The Kier molecular flexibility index (Phi) is 6.06. The van der Waals surface area contributed by atoms with Gasteiger partial charge in [-0.3, -0.25) is 4.90 Å². The number of carbonyl (C=O) groups is 1. The van der Waals surface area contributed by atoms with Crippen molar-refractivity contribution in [2.24, 2.45) is 0 Å². The first kappa shape index (κ1) is 19.7. The minimum atomic E-state index is -3.94. The third kappa shape index (κ3) is 4.62. The minimum Gasteiger partial charge on any atom is -0.379 e. The largest absolute Gasteiger partial charge is 0.379 e. The molecule has 27 heavy (non-hydrogen) atoms. The second kappa shape index (κ2) is 8.31. The molecule has 0 spiro atoms. The Morgan fingerprint density at radius 2 is 1.85 bits per heavy atom. The molecule has 0 aliphatic carbocycles. The van der Waals surface area contributed by atoms with E-state index in [0.29, 0.717) is 18.8 Å². The van der Waals surface area contributed by atoms with Gasteiger partial charge < -0.3 is 9.08 Å². The van der Waals surface area contributed by atoms with Crippen LogP contribution in [0.2, 0.25) is 0 Å². The summed E-state index contributed by atoms with van der Waals surface area (Å²) in [6.45, 7) is 4.13. The molecule has 2 aromatic carbocycles. The first-order valence-corrected chi connectivity index (χ1v) is 11.0. The molecule has 0 saturated carbocycles. The number of nitrogens with zero attached hydrogens (tertiary/aromatic N) is 2. The summed E-state index contributed by atoms with van der Waals surface area (Å²) in [7, 11) is -3.94. The third-order valence-electron chi connectivity index (χ3n) is 4.32. The van der Waals surface area contributed by atoms with Gasteiger partial charge in [-0.05, 0) is 48.9 Å². The van der Waals surface area contributed by atoms with E-state index in [9.17, 15) is 13.2 Å². The number of urea groups is 1. The van der Waals surface area contributed by atoms with Gasteiger partial charge in [0.05, 0.1) is 0 Å². The van der Waals surface area contributed by atoms with Gasteiger partial charge in [-0.25, -0.2) is 4.79 Å². The van der Waals surface area contributed by atoms with Gasteiger partial charge in [0.25, 0.3) is 0 Å². The molecular formula is C19H21BrN2O4S. The van der Waals surface area contributed by atoms with E-state index in [-0.39, 0.29) is 16.7 Å². The van der Waals surface area contributed by atoms with Crippen LogP contribution in [0.1, 0.15) is 19.8 Å². The smallest absolute Gasteiger partial charge is 0.339 e. The topological polar surface area (TPSA) is 66.9 Å². The minimum absolute atomic E-state index is 0.0376. The summed E-state index contributed by atoms with van der Waals surface area (Å²) >= 11 is 3.28. The highest BCUT2D eigenvalue weighted by molar-refractivity contribution is 9.10. The second-order valence-electron chi connectivity index (χ2n) is 6.26. The lowest BCUT2D eigenvalue weighted by molar-refractivity contribution is 0.220. The molecule has 0 atom stereocenters. The maximum atomic E-state index is 12.5. The highest BCUT2D eigenvalue weighted by Gasteiger charge is 2.29. The fourth-order valence-corrected chi connectivity index (χ4v) is 4.17. The van der Waals surface area contributed by atoms with Crippen LogP contribution in [0.4, 0.5) is 10.5 Å². The van der Waals surface area contributed by atoms with E-state index in [0.717, 1.165) is 23.9 Å². The second-order valence-corrected chi connectivity index (χ2v) is 8.73. The van der Waals surface area contributed by atoms with Gasteiger partial charge in [-0.2, -0.15) is 8.42 Å². The molecule has 1 aliphatic heterocycles. The maximum Gasteiger partial charge on any atom is 0.339 e. The molecule has 3 rings (SSSR count). The van der Waals surface area contributed by atoms with Crippen molar-refractivity contribution in [2.45, 2.75) is 24.7 Å². The molecule has 0 radical (unpaired) electrons.